The van der Waals surface area contributed by atoms with Crippen LogP contribution in [-0.4, -0.2) is 17.6 Å². The average Bonchev–Trinajstić information content (AvgIpc) is 2.74. The summed E-state index contributed by atoms with van der Waals surface area (Å²) in [5.41, 5.74) is 1.33. The summed E-state index contributed by atoms with van der Waals surface area (Å²) in [6.07, 6.45) is -3.24. The number of carbonyl (C=O) groups is 1. The minimum absolute atomic E-state index is 0.261. The number of halogens is 5. The molecule has 0 saturated heterocycles. The van der Waals surface area contributed by atoms with Gasteiger partial charge in [-0.2, -0.15) is 13.2 Å². The van der Waals surface area contributed by atoms with Crippen LogP contribution in [0, 0.1) is 17.6 Å². The van der Waals surface area contributed by atoms with Gasteiger partial charge in [0.25, 0.3) is 0 Å². The normalized spacial score (nSPS) is 11.7. The van der Waals surface area contributed by atoms with Crippen LogP contribution in [0.1, 0.15) is 37.8 Å². The fourth-order valence-corrected chi connectivity index (χ4v) is 3.88. The van der Waals surface area contributed by atoms with Crippen LogP contribution in [0.2, 0.25) is 0 Å². The lowest BCUT2D eigenvalue weighted by Gasteiger charge is -2.27. The zero-order chi connectivity index (χ0) is 25.8. The fraction of sp³-hybridized carbons (Fsp3) is 0.296. The molecule has 0 amide bonds. The van der Waals surface area contributed by atoms with E-state index in [9.17, 15) is 31.9 Å². The first kappa shape index (κ1) is 26.2. The molecule has 0 spiro atoms. The van der Waals surface area contributed by atoms with Crippen molar-refractivity contribution in [3.05, 3.63) is 83.4 Å². The predicted molar refractivity (Wildman–Crippen MR) is 126 cm³/mol. The number of alkyl halides is 3. The lowest BCUT2D eigenvalue weighted by Crippen LogP contribution is -2.20. The summed E-state index contributed by atoms with van der Waals surface area (Å²) >= 11 is 0. The van der Waals surface area contributed by atoms with Crippen molar-refractivity contribution in [2.75, 3.05) is 11.4 Å². The number of rotatable bonds is 9. The molecule has 3 aromatic carbocycles. The molecular weight excluding hydrogens is 465 g/mol. The van der Waals surface area contributed by atoms with Gasteiger partial charge in [-0.05, 0) is 71.8 Å². The molecule has 0 fully saturated rings. The van der Waals surface area contributed by atoms with Crippen molar-refractivity contribution in [3.8, 4) is 11.1 Å². The van der Waals surface area contributed by atoms with E-state index in [0.717, 1.165) is 24.6 Å². The van der Waals surface area contributed by atoms with Gasteiger partial charge >= 0.3 is 12.1 Å². The van der Waals surface area contributed by atoms with E-state index in [2.05, 4.69) is 13.8 Å². The molecule has 0 aliphatic rings. The first-order chi connectivity index (χ1) is 16.4. The number of carboxylic acid groups (broad SMARTS) is 1. The standard InChI is InChI=1S/C27H26F5NO2/c1-17(2)4-3-9-33(25-15-22(28)14-23(29)16-25)24-11-18(12-26(34)35)10-20(13-24)19-5-7-21(8-6-19)27(30,31)32/h5-8,10-11,13-17H,3-4,9,12H2,1-2H3,(H,34,35). The number of anilines is 2. The van der Waals surface area contributed by atoms with Gasteiger partial charge in [0.1, 0.15) is 11.6 Å². The van der Waals surface area contributed by atoms with E-state index in [-0.39, 0.29) is 12.1 Å². The molecule has 0 unspecified atom stereocenters. The highest BCUT2D eigenvalue weighted by molar-refractivity contribution is 5.77. The Kier molecular flexibility index (Phi) is 8.14. The summed E-state index contributed by atoms with van der Waals surface area (Å²) in [5.74, 6) is -2.18. The van der Waals surface area contributed by atoms with Crippen LogP contribution in [0.25, 0.3) is 11.1 Å². The van der Waals surface area contributed by atoms with Crippen molar-refractivity contribution >= 4 is 17.3 Å². The minimum atomic E-state index is -4.48. The van der Waals surface area contributed by atoms with E-state index in [1.807, 2.05) is 0 Å². The summed E-state index contributed by atoms with van der Waals surface area (Å²) in [6, 6.07) is 12.6. The van der Waals surface area contributed by atoms with Crippen molar-refractivity contribution < 1.29 is 31.9 Å². The highest BCUT2D eigenvalue weighted by Crippen LogP contribution is 2.35. The maximum atomic E-state index is 14.0. The summed E-state index contributed by atoms with van der Waals surface area (Å²) in [4.78, 5) is 13.1. The number of nitrogens with zero attached hydrogens (tertiary/aromatic N) is 1. The number of aliphatic carboxylic acids is 1. The molecule has 1 N–H and O–H groups in total. The Hall–Kier alpha value is -3.42. The Balaban J connectivity index is 2.11. The third-order valence-corrected chi connectivity index (χ3v) is 5.51. The fourth-order valence-electron chi connectivity index (χ4n) is 3.88. The van der Waals surface area contributed by atoms with Crippen LogP contribution < -0.4 is 4.90 Å². The molecule has 0 atom stereocenters. The van der Waals surface area contributed by atoms with Gasteiger partial charge in [0.15, 0.2) is 0 Å². The average molecular weight is 492 g/mol. The Labute approximate surface area is 200 Å². The molecule has 0 radical (unpaired) electrons. The molecule has 0 aliphatic carbocycles. The predicted octanol–water partition coefficient (Wildman–Crippen LogP) is 7.85. The minimum Gasteiger partial charge on any atom is -0.481 e. The van der Waals surface area contributed by atoms with E-state index in [1.165, 1.54) is 24.3 Å². The van der Waals surface area contributed by atoms with Crippen LogP contribution in [0.15, 0.2) is 60.7 Å². The van der Waals surface area contributed by atoms with Crippen LogP contribution >= 0.6 is 0 Å². The molecule has 0 aromatic heterocycles. The van der Waals surface area contributed by atoms with Crippen LogP contribution in [0.4, 0.5) is 33.3 Å². The van der Waals surface area contributed by atoms with Crippen LogP contribution in [0.3, 0.4) is 0 Å². The maximum Gasteiger partial charge on any atom is 0.416 e. The Morgan fingerprint density at radius 2 is 1.49 bits per heavy atom. The van der Waals surface area contributed by atoms with E-state index in [1.54, 1.807) is 23.1 Å². The molecule has 186 valence electrons. The van der Waals surface area contributed by atoms with Crippen molar-refractivity contribution in [2.24, 2.45) is 5.92 Å². The second-order valence-electron chi connectivity index (χ2n) is 8.85. The zero-order valence-electron chi connectivity index (χ0n) is 19.4. The third kappa shape index (κ3) is 7.28. The number of hydrogen-bond donors (Lipinski definition) is 1. The molecule has 0 saturated carbocycles. The monoisotopic (exact) mass is 491 g/mol. The maximum absolute atomic E-state index is 14.0. The molecule has 0 bridgehead atoms. The van der Waals surface area contributed by atoms with Gasteiger partial charge in [-0.25, -0.2) is 8.78 Å². The van der Waals surface area contributed by atoms with Gasteiger partial charge in [0.05, 0.1) is 12.0 Å². The number of carboxylic acids is 1. The molecule has 8 heteroatoms. The largest absolute Gasteiger partial charge is 0.481 e. The van der Waals surface area contributed by atoms with Gasteiger partial charge in [-0.3, -0.25) is 4.79 Å². The molecule has 0 heterocycles. The Morgan fingerprint density at radius 3 is 2.03 bits per heavy atom. The smallest absolute Gasteiger partial charge is 0.416 e. The summed E-state index contributed by atoms with van der Waals surface area (Å²) in [6.45, 7) is 4.52. The molecular formula is C27H26F5NO2. The first-order valence-electron chi connectivity index (χ1n) is 11.2. The number of benzene rings is 3. The SMILES string of the molecule is CC(C)CCCN(c1cc(F)cc(F)c1)c1cc(CC(=O)O)cc(-c2ccc(C(F)(F)F)cc2)c1. The Morgan fingerprint density at radius 1 is 0.886 bits per heavy atom. The summed E-state index contributed by atoms with van der Waals surface area (Å²) in [5, 5.41) is 9.34. The second kappa shape index (κ2) is 10.9. The highest BCUT2D eigenvalue weighted by atomic mass is 19.4. The second-order valence-corrected chi connectivity index (χ2v) is 8.85. The van der Waals surface area contributed by atoms with Gasteiger partial charge in [-0.15, -0.1) is 0 Å². The van der Waals surface area contributed by atoms with Crippen molar-refractivity contribution in [2.45, 2.75) is 39.3 Å². The topological polar surface area (TPSA) is 40.5 Å². The summed E-state index contributed by atoms with van der Waals surface area (Å²) < 4.78 is 67.1. The van der Waals surface area contributed by atoms with Gasteiger partial charge in [-0.1, -0.05) is 32.0 Å². The lowest BCUT2D eigenvalue weighted by atomic mass is 9.98. The van der Waals surface area contributed by atoms with Crippen molar-refractivity contribution in [1.29, 1.82) is 0 Å². The molecule has 35 heavy (non-hydrogen) atoms. The van der Waals surface area contributed by atoms with Gasteiger partial charge in [0, 0.05) is 24.0 Å². The lowest BCUT2D eigenvalue weighted by molar-refractivity contribution is -0.138. The zero-order valence-corrected chi connectivity index (χ0v) is 19.4. The first-order valence-corrected chi connectivity index (χ1v) is 11.2. The van der Waals surface area contributed by atoms with Crippen LogP contribution in [-0.2, 0) is 17.4 Å². The van der Waals surface area contributed by atoms with E-state index in [4.69, 9.17) is 0 Å². The molecule has 0 aliphatic heterocycles. The number of hydrogen-bond acceptors (Lipinski definition) is 2. The van der Waals surface area contributed by atoms with Crippen LogP contribution in [0.5, 0.6) is 0 Å². The van der Waals surface area contributed by atoms with E-state index < -0.39 is 29.3 Å². The van der Waals surface area contributed by atoms with Gasteiger partial charge in [0.2, 0.25) is 0 Å². The Bertz CT molecular complexity index is 1150. The van der Waals surface area contributed by atoms with Crippen molar-refractivity contribution in [1.82, 2.24) is 0 Å². The highest BCUT2D eigenvalue weighted by Gasteiger charge is 2.30. The summed E-state index contributed by atoms with van der Waals surface area (Å²) in [7, 11) is 0. The quantitative estimate of drug-likeness (QED) is 0.310. The van der Waals surface area contributed by atoms with E-state index >= 15 is 0 Å². The molecule has 3 aromatic rings. The molecule has 3 rings (SSSR count). The van der Waals surface area contributed by atoms with Gasteiger partial charge < -0.3 is 10.0 Å². The van der Waals surface area contributed by atoms with E-state index in [0.29, 0.717) is 41.3 Å². The third-order valence-electron chi connectivity index (χ3n) is 5.51. The van der Waals surface area contributed by atoms with Crippen molar-refractivity contribution in [3.63, 3.8) is 0 Å². The molecule has 3 nitrogen and oxygen atoms in total.